The van der Waals surface area contributed by atoms with Gasteiger partial charge in [-0.2, -0.15) is 4.98 Å². The lowest BCUT2D eigenvalue weighted by Gasteiger charge is -2.06. The first-order chi connectivity index (χ1) is 13.8. The molecule has 1 aliphatic carbocycles. The highest BCUT2D eigenvalue weighted by atomic mass is 19.1. The van der Waals surface area contributed by atoms with Crippen LogP contribution in [-0.2, 0) is 0 Å². The summed E-state index contributed by atoms with van der Waals surface area (Å²) in [5, 5.41) is 3.49. The Balaban J connectivity index is 1.43. The van der Waals surface area contributed by atoms with Crippen molar-refractivity contribution in [3.05, 3.63) is 83.7 Å². The second-order valence-electron chi connectivity index (χ2n) is 6.76. The summed E-state index contributed by atoms with van der Waals surface area (Å²) < 4.78 is 13.3. The fourth-order valence-corrected chi connectivity index (χ4v) is 3.29. The van der Waals surface area contributed by atoms with Crippen molar-refractivity contribution in [3.8, 4) is 11.8 Å². The molecule has 136 valence electrons. The predicted molar refractivity (Wildman–Crippen MR) is 105 cm³/mol. The number of halogens is 1. The van der Waals surface area contributed by atoms with E-state index in [-0.39, 0.29) is 5.82 Å². The zero-order chi connectivity index (χ0) is 18.9. The summed E-state index contributed by atoms with van der Waals surface area (Å²) in [5.41, 5.74) is 3.21. The van der Waals surface area contributed by atoms with Gasteiger partial charge in [-0.05, 0) is 36.1 Å². The smallest absolute Gasteiger partial charge is 0.209 e. The van der Waals surface area contributed by atoms with Crippen LogP contribution in [0, 0.1) is 17.7 Å². The number of hydrogen-bond acceptors (Lipinski definition) is 4. The van der Waals surface area contributed by atoms with E-state index >= 15 is 0 Å². The van der Waals surface area contributed by atoms with E-state index in [9.17, 15) is 4.39 Å². The van der Waals surface area contributed by atoms with Crippen molar-refractivity contribution in [2.45, 2.75) is 18.4 Å². The van der Waals surface area contributed by atoms with Gasteiger partial charge in [-0.15, -0.1) is 0 Å². The maximum Gasteiger partial charge on any atom is 0.209 e. The second-order valence-corrected chi connectivity index (χ2v) is 6.76. The van der Waals surface area contributed by atoms with Crippen molar-refractivity contribution in [2.75, 3.05) is 5.32 Å². The van der Waals surface area contributed by atoms with Gasteiger partial charge in [-0.3, -0.25) is 0 Å². The molecular formula is C22H16FN5. The number of benzene rings is 2. The molecule has 5 nitrogen and oxygen atoms in total. The molecule has 2 aromatic heterocycles. The largest absolute Gasteiger partial charge is 0.365 e. The lowest BCUT2D eigenvalue weighted by atomic mass is 10.1. The molecule has 0 spiro atoms. The number of aromatic amines is 1. The first kappa shape index (κ1) is 16.5. The standard InChI is InChI=1S/C22H16FN5/c23-16-8-4-5-14(11-16)9-10-19-27-21-20(24-13-25-21)22(28-19)26-18-12-17(18)15-6-2-1-3-7-15/h1-8,11,13,17-18H,12H2,(H2,24,25,26,27,28). The van der Waals surface area contributed by atoms with E-state index in [1.54, 1.807) is 18.5 Å². The van der Waals surface area contributed by atoms with E-state index < -0.39 is 0 Å². The zero-order valence-electron chi connectivity index (χ0n) is 14.9. The molecule has 0 bridgehead atoms. The summed E-state index contributed by atoms with van der Waals surface area (Å²) in [6.45, 7) is 0. The molecule has 0 radical (unpaired) electrons. The van der Waals surface area contributed by atoms with Crippen LogP contribution in [0.4, 0.5) is 10.2 Å². The number of nitrogens with zero attached hydrogens (tertiary/aromatic N) is 3. The molecule has 0 amide bonds. The molecule has 2 unspecified atom stereocenters. The van der Waals surface area contributed by atoms with Crippen molar-refractivity contribution >= 4 is 17.0 Å². The molecule has 5 rings (SSSR count). The average molecular weight is 369 g/mol. The summed E-state index contributed by atoms with van der Waals surface area (Å²) in [5.74, 6) is 7.01. The second kappa shape index (κ2) is 6.78. The van der Waals surface area contributed by atoms with Gasteiger partial charge in [0.25, 0.3) is 0 Å². The molecular weight excluding hydrogens is 353 g/mol. The Morgan fingerprint density at radius 2 is 1.93 bits per heavy atom. The lowest BCUT2D eigenvalue weighted by molar-refractivity contribution is 0.627. The molecule has 1 fully saturated rings. The Morgan fingerprint density at radius 3 is 2.79 bits per heavy atom. The molecule has 28 heavy (non-hydrogen) atoms. The van der Waals surface area contributed by atoms with Gasteiger partial charge < -0.3 is 10.3 Å². The molecule has 2 aromatic carbocycles. The molecule has 6 heteroatoms. The Labute approximate surface area is 161 Å². The Morgan fingerprint density at radius 1 is 1.04 bits per heavy atom. The number of rotatable bonds is 3. The minimum absolute atomic E-state index is 0.313. The molecule has 0 aliphatic heterocycles. The van der Waals surface area contributed by atoms with Crippen LogP contribution in [0.25, 0.3) is 11.2 Å². The highest BCUT2D eigenvalue weighted by Gasteiger charge is 2.38. The van der Waals surface area contributed by atoms with Gasteiger partial charge in [0, 0.05) is 17.5 Å². The van der Waals surface area contributed by atoms with Crippen LogP contribution < -0.4 is 5.32 Å². The first-order valence-electron chi connectivity index (χ1n) is 9.06. The van der Waals surface area contributed by atoms with E-state index in [0.717, 1.165) is 11.9 Å². The molecule has 0 saturated heterocycles. The fourth-order valence-electron chi connectivity index (χ4n) is 3.29. The third kappa shape index (κ3) is 3.30. The topological polar surface area (TPSA) is 66.5 Å². The van der Waals surface area contributed by atoms with E-state index in [4.69, 9.17) is 0 Å². The third-order valence-electron chi connectivity index (χ3n) is 4.77. The number of imidazole rings is 1. The van der Waals surface area contributed by atoms with Crippen molar-refractivity contribution < 1.29 is 4.39 Å². The van der Waals surface area contributed by atoms with E-state index in [0.29, 0.717) is 34.8 Å². The van der Waals surface area contributed by atoms with Crippen molar-refractivity contribution in [1.29, 1.82) is 0 Å². The highest BCUT2D eigenvalue weighted by molar-refractivity contribution is 5.83. The number of fused-ring (bicyclic) bond motifs is 1. The van der Waals surface area contributed by atoms with E-state index in [2.05, 4.69) is 61.4 Å². The van der Waals surface area contributed by atoms with Gasteiger partial charge in [0.1, 0.15) is 11.3 Å². The van der Waals surface area contributed by atoms with Crippen LogP contribution in [0.2, 0.25) is 0 Å². The molecule has 2 N–H and O–H groups in total. The van der Waals surface area contributed by atoms with Crippen LogP contribution in [0.3, 0.4) is 0 Å². The molecule has 1 aliphatic rings. The summed E-state index contributed by atoms with van der Waals surface area (Å²) in [6.07, 6.45) is 2.64. The molecule has 4 aromatic rings. The molecule has 2 heterocycles. The predicted octanol–water partition coefficient (Wildman–Crippen LogP) is 3.86. The van der Waals surface area contributed by atoms with Crippen LogP contribution in [0.1, 0.15) is 29.3 Å². The minimum atomic E-state index is -0.321. The number of H-pyrrole nitrogens is 1. The zero-order valence-corrected chi connectivity index (χ0v) is 14.9. The van der Waals surface area contributed by atoms with Gasteiger partial charge >= 0.3 is 0 Å². The normalized spacial score (nSPS) is 17.8. The number of hydrogen-bond donors (Lipinski definition) is 2. The Kier molecular flexibility index (Phi) is 3.99. The fraction of sp³-hybridized carbons (Fsp3) is 0.136. The lowest BCUT2D eigenvalue weighted by Crippen LogP contribution is -2.08. The van der Waals surface area contributed by atoms with Gasteiger partial charge in [0.05, 0.1) is 6.33 Å². The molecule has 2 atom stereocenters. The van der Waals surface area contributed by atoms with Gasteiger partial charge in [-0.1, -0.05) is 42.3 Å². The SMILES string of the molecule is Fc1cccc(C#Cc2nc(NC3CC3c3ccccc3)c3[nH]cnc3n2)c1. The van der Waals surface area contributed by atoms with Gasteiger partial charge in [0.2, 0.25) is 5.82 Å². The minimum Gasteiger partial charge on any atom is -0.365 e. The highest BCUT2D eigenvalue weighted by Crippen LogP contribution is 2.42. The average Bonchev–Trinajstić information content (AvgIpc) is 3.31. The van der Waals surface area contributed by atoms with Crippen LogP contribution in [0.15, 0.2) is 60.9 Å². The summed E-state index contributed by atoms with van der Waals surface area (Å²) >= 11 is 0. The summed E-state index contributed by atoms with van der Waals surface area (Å²) in [6, 6.07) is 16.9. The number of anilines is 1. The van der Waals surface area contributed by atoms with Gasteiger partial charge in [-0.25, -0.2) is 14.4 Å². The van der Waals surface area contributed by atoms with Gasteiger partial charge in [0.15, 0.2) is 11.5 Å². The van der Waals surface area contributed by atoms with E-state index in [1.165, 1.54) is 17.7 Å². The summed E-state index contributed by atoms with van der Waals surface area (Å²) in [7, 11) is 0. The quantitative estimate of drug-likeness (QED) is 0.538. The number of aromatic nitrogens is 4. The van der Waals surface area contributed by atoms with Crippen molar-refractivity contribution in [2.24, 2.45) is 0 Å². The maximum atomic E-state index is 13.3. The Hall–Kier alpha value is -3.72. The van der Waals surface area contributed by atoms with Crippen LogP contribution >= 0.6 is 0 Å². The van der Waals surface area contributed by atoms with Crippen molar-refractivity contribution in [3.63, 3.8) is 0 Å². The van der Waals surface area contributed by atoms with Crippen molar-refractivity contribution in [1.82, 2.24) is 19.9 Å². The van der Waals surface area contributed by atoms with Crippen LogP contribution in [-0.4, -0.2) is 26.0 Å². The molecule has 1 saturated carbocycles. The maximum absolute atomic E-state index is 13.3. The first-order valence-corrected chi connectivity index (χ1v) is 9.06. The Bertz CT molecular complexity index is 1210. The monoisotopic (exact) mass is 369 g/mol. The summed E-state index contributed by atoms with van der Waals surface area (Å²) in [4.78, 5) is 16.3. The van der Waals surface area contributed by atoms with Crippen LogP contribution in [0.5, 0.6) is 0 Å². The number of nitrogens with one attached hydrogen (secondary N) is 2. The third-order valence-corrected chi connectivity index (χ3v) is 4.77. The van der Waals surface area contributed by atoms with E-state index in [1.807, 2.05) is 6.07 Å².